The van der Waals surface area contributed by atoms with E-state index in [9.17, 15) is 5.11 Å². The number of nitrogens with zero attached hydrogens (tertiary/aromatic N) is 1. The number of hydrogen-bond donors (Lipinski definition) is 1. The Morgan fingerprint density at radius 3 is 2.75 bits per heavy atom. The fraction of sp³-hybridized carbons (Fsp3) is 0.667. The van der Waals surface area contributed by atoms with Gasteiger partial charge in [0.05, 0.1) is 0 Å². The number of hydrogen-bond acceptors (Lipinski definition) is 2. The summed E-state index contributed by atoms with van der Waals surface area (Å²) in [6.45, 7) is 2.56. The van der Waals surface area contributed by atoms with Gasteiger partial charge in [0, 0.05) is 12.6 Å². The van der Waals surface area contributed by atoms with Gasteiger partial charge in [-0.2, -0.15) is 0 Å². The lowest BCUT2D eigenvalue weighted by Gasteiger charge is -2.43. The highest BCUT2D eigenvalue weighted by Crippen LogP contribution is 2.44. The molecule has 4 rings (SSSR count). The molecule has 1 aromatic rings. The van der Waals surface area contributed by atoms with Gasteiger partial charge in [0.2, 0.25) is 0 Å². The van der Waals surface area contributed by atoms with Crippen LogP contribution < -0.4 is 0 Å². The number of likely N-dealkylation sites (tertiary alicyclic amines) is 1. The fourth-order valence-electron chi connectivity index (χ4n) is 4.90. The maximum atomic E-state index is 10.0. The molecule has 2 fully saturated rings. The van der Waals surface area contributed by atoms with Crippen LogP contribution in [-0.2, 0) is 6.42 Å². The maximum absolute atomic E-state index is 10.0. The van der Waals surface area contributed by atoms with Crippen molar-refractivity contribution in [3.8, 4) is 5.75 Å². The molecular weight excluding hydrogens is 246 g/mol. The van der Waals surface area contributed by atoms with Crippen LogP contribution in [0.15, 0.2) is 18.2 Å². The standard InChI is InChI=1S/C18H25NO/c20-18-7-3-6-15-16(18)8-9-17(15)19-11-10-13-4-1-2-5-14(13)12-19/h3,6-7,13-14,17,20H,1-2,4-5,8-12H2. The van der Waals surface area contributed by atoms with Crippen molar-refractivity contribution >= 4 is 0 Å². The lowest BCUT2D eigenvalue weighted by Crippen LogP contribution is -2.43. The van der Waals surface area contributed by atoms with Gasteiger partial charge < -0.3 is 5.11 Å². The van der Waals surface area contributed by atoms with Crippen molar-refractivity contribution in [2.24, 2.45) is 11.8 Å². The van der Waals surface area contributed by atoms with Gasteiger partial charge in [-0.25, -0.2) is 0 Å². The lowest BCUT2D eigenvalue weighted by molar-refractivity contribution is 0.0566. The molecule has 20 heavy (non-hydrogen) atoms. The van der Waals surface area contributed by atoms with Crippen molar-refractivity contribution < 1.29 is 5.11 Å². The molecule has 3 unspecified atom stereocenters. The normalized spacial score (nSPS) is 33.7. The Morgan fingerprint density at radius 2 is 1.85 bits per heavy atom. The van der Waals surface area contributed by atoms with E-state index in [0.29, 0.717) is 11.8 Å². The van der Waals surface area contributed by atoms with Crippen LogP contribution in [0.3, 0.4) is 0 Å². The summed E-state index contributed by atoms with van der Waals surface area (Å²) < 4.78 is 0. The van der Waals surface area contributed by atoms with Crippen LogP contribution in [0.2, 0.25) is 0 Å². The quantitative estimate of drug-likeness (QED) is 0.837. The molecule has 2 aliphatic carbocycles. The molecule has 1 saturated heterocycles. The monoisotopic (exact) mass is 271 g/mol. The molecule has 0 spiro atoms. The highest BCUT2D eigenvalue weighted by atomic mass is 16.3. The summed E-state index contributed by atoms with van der Waals surface area (Å²) in [5.74, 6) is 2.46. The van der Waals surface area contributed by atoms with E-state index in [-0.39, 0.29) is 0 Å². The highest BCUT2D eigenvalue weighted by Gasteiger charge is 2.36. The van der Waals surface area contributed by atoms with Crippen LogP contribution in [0.4, 0.5) is 0 Å². The summed E-state index contributed by atoms with van der Waals surface area (Å²) in [6.07, 6.45) is 9.47. The van der Waals surface area contributed by atoms with E-state index >= 15 is 0 Å². The molecule has 3 aliphatic rings. The van der Waals surface area contributed by atoms with Crippen molar-refractivity contribution in [1.82, 2.24) is 4.90 Å². The molecule has 2 nitrogen and oxygen atoms in total. The largest absolute Gasteiger partial charge is 0.508 e. The number of piperidine rings is 1. The Kier molecular flexibility index (Phi) is 3.22. The molecule has 0 amide bonds. The average Bonchev–Trinajstić information content (AvgIpc) is 2.92. The maximum Gasteiger partial charge on any atom is 0.119 e. The van der Waals surface area contributed by atoms with Gasteiger partial charge in [0.1, 0.15) is 5.75 Å². The van der Waals surface area contributed by atoms with E-state index in [4.69, 9.17) is 0 Å². The Bertz CT molecular complexity index is 498. The highest BCUT2D eigenvalue weighted by molar-refractivity contribution is 5.44. The summed E-state index contributed by atoms with van der Waals surface area (Å²) in [7, 11) is 0. The second-order valence-electron chi connectivity index (χ2n) is 6.99. The van der Waals surface area contributed by atoms with Crippen LogP contribution in [0.1, 0.15) is 55.7 Å². The Hall–Kier alpha value is -1.02. The predicted octanol–water partition coefficient (Wildman–Crippen LogP) is 3.89. The first-order chi connectivity index (χ1) is 9.83. The zero-order valence-electron chi connectivity index (χ0n) is 12.2. The van der Waals surface area contributed by atoms with Crippen LogP contribution in [0.5, 0.6) is 5.75 Å². The van der Waals surface area contributed by atoms with E-state index < -0.39 is 0 Å². The summed E-state index contributed by atoms with van der Waals surface area (Å²) >= 11 is 0. The Labute approximate surface area is 121 Å². The minimum Gasteiger partial charge on any atom is -0.508 e. The molecule has 0 bridgehead atoms. The third kappa shape index (κ3) is 2.05. The van der Waals surface area contributed by atoms with Gasteiger partial charge in [-0.15, -0.1) is 0 Å². The molecule has 1 saturated carbocycles. The van der Waals surface area contributed by atoms with E-state index in [2.05, 4.69) is 11.0 Å². The minimum absolute atomic E-state index is 0.512. The second-order valence-corrected chi connectivity index (χ2v) is 6.99. The van der Waals surface area contributed by atoms with Crippen LogP contribution >= 0.6 is 0 Å². The average molecular weight is 271 g/mol. The summed E-state index contributed by atoms with van der Waals surface area (Å²) in [6, 6.07) is 6.66. The summed E-state index contributed by atoms with van der Waals surface area (Å²) in [5.41, 5.74) is 2.61. The van der Waals surface area contributed by atoms with Crippen molar-refractivity contribution in [1.29, 1.82) is 0 Å². The number of phenols is 1. The molecule has 108 valence electrons. The molecule has 2 heteroatoms. The van der Waals surface area contributed by atoms with Crippen molar-refractivity contribution in [3.05, 3.63) is 29.3 Å². The van der Waals surface area contributed by atoms with Crippen molar-refractivity contribution in [2.45, 2.75) is 51.0 Å². The molecule has 1 N–H and O–H groups in total. The number of phenolic OH excluding ortho intramolecular Hbond substituents is 1. The second kappa shape index (κ2) is 5.07. The van der Waals surface area contributed by atoms with Crippen molar-refractivity contribution in [2.75, 3.05) is 13.1 Å². The van der Waals surface area contributed by atoms with Gasteiger partial charge >= 0.3 is 0 Å². The SMILES string of the molecule is Oc1cccc2c1CCC2N1CCC2CCCCC2C1. The van der Waals surface area contributed by atoms with E-state index in [1.54, 1.807) is 0 Å². The first kappa shape index (κ1) is 12.7. The zero-order chi connectivity index (χ0) is 13.5. The van der Waals surface area contributed by atoms with Crippen molar-refractivity contribution in [3.63, 3.8) is 0 Å². The number of rotatable bonds is 1. The van der Waals surface area contributed by atoms with Crippen LogP contribution in [0.25, 0.3) is 0 Å². The Morgan fingerprint density at radius 1 is 1.00 bits per heavy atom. The van der Waals surface area contributed by atoms with Gasteiger partial charge in [0.25, 0.3) is 0 Å². The number of benzene rings is 1. The topological polar surface area (TPSA) is 23.5 Å². The van der Waals surface area contributed by atoms with E-state index in [0.717, 1.165) is 18.3 Å². The lowest BCUT2D eigenvalue weighted by atomic mass is 9.74. The van der Waals surface area contributed by atoms with Crippen LogP contribution in [-0.4, -0.2) is 23.1 Å². The summed E-state index contributed by atoms with van der Waals surface area (Å²) in [4.78, 5) is 2.72. The smallest absolute Gasteiger partial charge is 0.119 e. The van der Waals surface area contributed by atoms with E-state index in [1.807, 2.05) is 12.1 Å². The first-order valence-corrected chi connectivity index (χ1v) is 8.38. The minimum atomic E-state index is 0.512. The molecule has 1 aliphatic heterocycles. The van der Waals surface area contributed by atoms with Gasteiger partial charge in [0.15, 0.2) is 0 Å². The third-order valence-electron chi connectivity index (χ3n) is 5.98. The number of aromatic hydroxyl groups is 1. The van der Waals surface area contributed by atoms with Crippen LogP contribution in [0, 0.1) is 11.8 Å². The zero-order valence-corrected chi connectivity index (χ0v) is 12.2. The van der Waals surface area contributed by atoms with Gasteiger partial charge in [-0.1, -0.05) is 31.4 Å². The molecular formula is C18H25NO. The van der Waals surface area contributed by atoms with Gasteiger partial charge in [-0.05, 0) is 61.3 Å². The third-order valence-corrected chi connectivity index (χ3v) is 5.98. The number of fused-ring (bicyclic) bond motifs is 2. The molecule has 1 aromatic carbocycles. The summed E-state index contributed by atoms with van der Waals surface area (Å²) in [5, 5.41) is 10.0. The van der Waals surface area contributed by atoms with E-state index in [1.165, 1.54) is 62.7 Å². The van der Waals surface area contributed by atoms with Gasteiger partial charge in [-0.3, -0.25) is 4.90 Å². The first-order valence-electron chi connectivity index (χ1n) is 8.38. The molecule has 0 aromatic heterocycles. The fourth-order valence-corrected chi connectivity index (χ4v) is 4.90. The Balaban J connectivity index is 1.54. The molecule has 0 radical (unpaired) electrons. The molecule has 3 atom stereocenters. The predicted molar refractivity (Wildman–Crippen MR) is 80.8 cm³/mol. The molecule has 1 heterocycles.